The lowest BCUT2D eigenvalue weighted by Crippen LogP contribution is -2.08. The molecule has 0 fully saturated rings. The van der Waals surface area contributed by atoms with E-state index < -0.39 is 9.84 Å². The van der Waals surface area contributed by atoms with Crippen LogP contribution in [0.4, 0.5) is 11.6 Å². The van der Waals surface area contributed by atoms with Gasteiger partial charge >= 0.3 is 0 Å². The predicted octanol–water partition coefficient (Wildman–Crippen LogP) is 2.39. The standard InChI is InChI=1S/C11H9Cl2N3O2S/c12-6-1-2-8(7(13)5-6)19(17,18)9-3-4-10(14)16-11(9)15/h1-5H,(H4,14,15,16). The highest BCUT2D eigenvalue weighted by Crippen LogP contribution is 2.31. The number of aromatic nitrogens is 1. The second-order valence-corrected chi connectivity index (χ2v) is 6.43. The summed E-state index contributed by atoms with van der Waals surface area (Å²) in [6.07, 6.45) is 0. The van der Waals surface area contributed by atoms with Crippen LogP contribution in [0.5, 0.6) is 0 Å². The van der Waals surface area contributed by atoms with Gasteiger partial charge in [-0.25, -0.2) is 13.4 Å². The molecule has 19 heavy (non-hydrogen) atoms. The molecule has 0 radical (unpaired) electrons. The molecule has 0 bridgehead atoms. The van der Waals surface area contributed by atoms with Crippen LogP contribution < -0.4 is 11.5 Å². The second kappa shape index (κ2) is 4.88. The molecule has 0 atom stereocenters. The highest BCUT2D eigenvalue weighted by Gasteiger charge is 2.24. The molecule has 1 aromatic carbocycles. The Morgan fingerprint density at radius 3 is 2.21 bits per heavy atom. The summed E-state index contributed by atoms with van der Waals surface area (Å²) in [6, 6.07) is 6.74. The number of benzene rings is 1. The third-order valence-electron chi connectivity index (χ3n) is 2.38. The molecule has 0 saturated heterocycles. The first-order valence-electron chi connectivity index (χ1n) is 5.04. The van der Waals surface area contributed by atoms with Crippen LogP contribution in [-0.2, 0) is 9.84 Å². The molecule has 1 heterocycles. The molecule has 0 saturated carbocycles. The number of anilines is 2. The second-order valence-electron chi connectivity index (χ2n) is 3.70. The van der Waals surface area contributed by atoms with Crippen molar-refractivity contribution in [2.75, 3.05) is 11.5 Å². The fourth-order valence-corrected chi connectivity index (χ4v) is 3.60. The molecule has 2 rings (SSSR count). The molecule has 2 aromatic rings. The minimum absolute atomic E-state index is 0.0173. The Hall–Kier alpha value is -1.50. The van der Waals surface area contributed by atoms with Gasteiger partial charge in [-0.3, -0.25) is 0 Å². The normalized spacial score (nSPS) is 11.5. The van der Waals surface area contributed by atoms with Gasteiger partial charge in [-0.05, 0) is 30.3 Å². The van der Waals surface area contributed by atoms with Gasteiger partial charge in [0, 0.05) is 5.02 Å². The Kier molecular flexibility index (Phi) is 3.58. The Bertz CT molecular complexity index is 690. The topological polar surface area (TPSA) is 99.1 Å². The van der Waals surface area contributed by atoms with Gasteiger partial charge in [0.2, 0.25) is 9.84 Å². The minimum atomic E-state index is -3.87. The highest BCUT2D eigenvalue weighted by atomic mass is 35.5. The van der Waals surface area contributed by atoms with E-state index in [1.807, 2.05) is 0 Å². The van der Waals surface area contributed by atoms with Crippen molar-refractivity contribution in [2.24, 2.45) is 0 Å². The van der Waals surface area contributed by atoms with Gasteiger partial charge in [0.25, 0.3) is 0 Å². The van der Waals surface area contributed by atoms with Crippen LogP contribution in [0.15, 0.2) is 40.1 Å². The summed E-state index contributed by atoms with van der Waals surface area (Å²) in [5.41, 5.74) is 11.0. The van der Waals surface area contributed by atoms with Gasteiger partial charge in [0.15, 0.2) is 0 Å². The summed E-state index contributed by atoms with van der Waals surface area (Å²) in [7, 11) is -3.87. The zero-order chi connectivity index (χ0) is 14.2. The summed E-state index contributed by atoms with van der Waals surface area (Å²) >= 11 is 11.6. The Morgan fingerprint density at radius 1 is 1.00 bits per heavy atom. The van der Waals surface area contributed by atoms with Crippen molar-refractivity contribution in [1.29, 1.82) is 0 Å². The maximum Gasteiger partial charge on any atom is 0.211 e. The summed E-state index contributed by atoms with van der Waals surface area (Å²) in [6.45, 7) is 0. The smallest absolute Gasteiger partial charge is 0.211 e. The van der Waals surface area contributed by atoms with E-state index in [0.717, 1.165) is 0 Å². The van der Waals surface area contributed by atoms with Crippen molar-refractivity contribution < 1.29 is 8.42 Å². The lowest BCUT2D eigenvalue weighted by atomic mass is 10.4. The maximum atomic E-state index is 12.4. The van der Waals surface area contributed by atoms with Gasteiger partial charge in [-0.15, -0.1) is 0 Å². The molecule has 100 valence electrons. The third-order valence-corrected chi connectivity index (χ3v) is 4.90. The molecule has 5 nitrogen and oxygen atoms in total. The van der Waals surface area contributed by atoms with Crippen molar-refractivity contribution >= 4 is 44.7 Å². The van der Waals surface area contributed by atoms with E-state index in [1.54, 1.807) is 0 Å². The number of nitrogens with two attached hydrogens (primary N) is 2. The summed E-state index contributed by atoms with van der Waals surface area (Å²) in [5, 5.41) is 0.357. The van der Waals surface area contributed by atoms with Crippen LogP contribution in [0.1, 0.15) is 0 Å². The molecule has 0 spiro atoms. The molecular formula is C11H9Cl2N3O2S. The fraction of sp³-hybridized carbons (Fsp3) is 0. The number of halogens is 2. The number of rotatable bonds is 2. The first-order chi connectivity index (χ1) is 8.82. The van der Waals surface area contributed by atoms with Crippen molar-refractivity contribution in [3.05, 3.63) is 40.4 Å². The maximum absolute atomic E-state index is 12.4. The quantitative estimate of drug-likeness (QED) is 0.885. The van der Waals surface area contributed by atoms with E-state index >= 15 is 0 Å². The Labute approximate surface area is 120 Å². The van der Waals surface area contributed by atoms with Crippen LogP contribution in [-0.4, -0.2) is 13.4 Å². The molecule has 1 aromatic heterocycles. The summed E-state index contributed by atoms with van der Waals surface area (Å²) in [4.78, 5) is 3.49. The van der Waals surface area contributed by atoms with Crippen molar-refractivity contribution in [1.82, 2.24) is 4.98 Å². The van der Waals surface area contributed by atoms with Crippen molar-refractivity contribution in [2.45, 2.75) is 9.79 Å². The fourth-order valence-electron chi connectivity index (χ4n) is 1.52. The largest absolute Gasteiger partial charge is 0.384 e. The first kappa shape index (κ1) is 13.9. The van der Waals surface area contributed by atoms with E-state index in [0.29, 0.717) is 5.02 Å². The molecule has 0 aliphatic rings. The summed E-state index contributed by atoms with van der Waals surface area (Å²) in [5.74, 6) is -0.0373. The highest BCUT2D eigenvalue weighted by molar-refractivity contribution is 7.91. The average molecular weight is 318 g/mol. The lowest BCUT2D eigenvalue weighted by molar-refractivity contribution is 0.596. The van der Waals surface area contributed by atoms with Crippen molar-refractivity contribution in [3.63, 3.8) is 0 Å². The van der Waals surface area contributed by atoms with Gasteiger partial charge in [0.05, 0.1) is 9.92 Å². The van der Waals surface area contributed by atoms with Crippen molar-refractivity contribution in [3.8, 4) is 0 Å². The van der Waals surface area contributed by atoms with E-state index in [4.69, 9.17) is 34.7 Å². The van der Waals surface area contributed by atoms with Crippen LogP contribution >= 0.6 is 23.2 Å². The zero-order valence-corrected chi connectivity index (χ0v) is 11.8. The molecule has 0 aliphatic heterocycles. The Balaban J connectivity index is 2.65. The average Bonchev–Trinajstić information content (AvgIpc) is 2.27. The van der Waals surface area contributed by atoms with E-state index in [1.165, 1.54) is 30.3 Å². The summed E-state index contributed by atoms with van der Waals surface area (Å²) < 4.78 is 24.8. The van der Waals surface area contributed by atoms with Gasteiger partial charge in [-0.1, -0.05) is 23.2 Å². The first-order valence-corrected chi connectivity index (χ1v) is 7.28. The predicted molar refractivity (Wildman–Crippen MR) is 75.0 cm³/mol. The van der Waals surface area contributed by atoms with Crippen LogP contribution in [0.25, 0.3) is 0 Å². The molecule has 4 N–H and O–H groups in total. The minimum Gasteiger partial charge on any atom is -0.384 e. The number of sulfone groups is 1. The van der Waals surface area contributed by atoms with Gasteiger partial charge in [-0.2, -0.15) is 0 Å². The van der Waals surface area contributed by atoms with Crippen LogP contribution in [0.2, 0.25) is 10.0 Å². The zero-order valence-electron chi connectivity index (χ0n) is 9.47. The SMILES string of the molecule is Nc1ccc(S(=O)(=O)c2ccc(Cl)cc2Cl)c(N)n1. The molecular weight excluding hydrogens is 309 g/mol. The molecule has 0 aliphatic carbocycles. The third kappa shape index (κ3) is 2.60. The molecule has 0 unspecified atom stereocenters. The number of nitrogens with zero attached hydrogens (tertiary/aromatic N) is 1. The number of hydrogen-bond acceptors (Lipinski definition) is 5. The van der Waals surface area contributed by atoms with Crippen LogP contribution in [0, 0.1) is 0 Å². The number of pyridine rings is 1. The van der Waals surface area contributed by atoms with E-state index in [9.17, 15) is 8.42 Å². The van der Waals surface area contributed by atoms with E-state index in [2.05, 4.69) is 4.98 Å². The number of hydrogen-bond donors (Lipinski definition) is 2. The van der Waals surface area contributed by atoms with Crippen LogP contribution in [0.3, 0.4) is 0 Å². The molecule has 0 amide bonds. The Morgan fingerprint density at radius 2 is 1.63 bits per heavy atom. The van der Waals surface area contributed by atoms with Gasteiger partial charge in [0.1, 0.15) is 16.5 Å². The number of nitrogen functional groups attached to an aromatic ring is 2. The van der Waals surface area contributed by atoms with Gasteiger partial charge < -0.3 is 11.5 Å². The molecule has 8 heteroatoms. The van der Waals surface area contributed by atoms with E-state index in [-0.39, 0.29) is 26.4 Å². The monoisotopic (exact) mass is 317 g/mol. The lowest BCUT2D eigenvalue weighted by Gasteiger charge is -2.09.